The van der Waals surface area contributed by atoms with E-state index >= 15 is 0 Å². The fraction of sp³-hybridized carbons (Fsp3) is 0.500. The average Bonchev–Trinajstić information content (AvgIpc) is 2.45. The van der Waals surface area contributed by atoms with Crippen molar-refractivity contribution in [1.82, 2.24) is 0 Å². The van der Waals surface area contributed by atoms with Gasteiger partial charge in [-0.15, -0.1) is 6.58 Å². The number of ether oxygens (including phenoxy) is 2. The maximum absolute atomic E-state index is 9.79. The number of rotatable bonds is 5. The molecule has 1 aromatic carbocycles. The summed E-state index contributed by atoms with van der Waals surface area (Å²) in [6.45, 7) is 3.65. The first kappa shape index (κ1) is 16.9. The highest BCUT2D eigenvalue weighted by Gasteiger charge is 2.24. The van der Waals surface area contributed by atoms with Gasteiger partial charge in [-0.1, -0.05) is 6.08 Å². The second-order valence-electron chi connectivity index (χ2n) is 5.03. The summed E-state index contributed by atoms with van der Waals surface area (Å²) in [5, 5.41) is 9.79. The van der Waals surface area contributed by atoms with Crippen LogP contribution in [0, 0.1) is 0 Å². The van der Waals surface area contributed by atoms with E-state index in [0.717, 1.165) is 37.2 Å². The molecule has 1 N–H and O–H groups in total. The third-order valence-corrected chi connectivity index (χ3v) is 3.88. The van der Waals surface area contributed by atoms with E-state index in [2.05, 4.69) is 18.7 Å². The Morgan fingerprint density at radius 3 is 2.60 bits per heavy atom. The number of aliphatic hydroxyl groups excluding tert-OH is 1. The molecule has 0 bridgehead atoms. The molecule has 0 aromatic heterocycles. The fourth-order valence-electron chi connectivity index (χ4n) is 2.86. The molecular weight excluding hydrogens is 272 g/mol. The number of benzene rings is 1. The summed E-state index contributed by atoms with van der Waals surface area (Å²) in [6, 6.07) is 4.13. The van der Waals surface area contributed by atoms with Crippen molar-refractivity contribution in [2.45, 2.75) is 37.7 Å². The minimum atomic E-state index is -0.441. The van der Waals surface area contributed by atoms with Gasteiger partial charge in [0, 0.05) is 0 Å². The molecule has 0 amide bonds. The second-order valence-corrected chi connectivity index (χ2v) is 5.03. The van der Waals surface area contributed by atoms with Crippen LogP contribution < -0.4 is 9.47 Å². The van der Waals surface area contributed by atoms with Gasteiger partial charge < -0.3 is 14.6 Å². The predicted octanol–water partition coefficient (Wildman–Crippen LogP) is 3.17. The van der Waals surface area contributed by atoms with Crippen LogP contribution in [-0.2, 0) is 6.42 Å². The van der Waals surface area contributed by atoms with Crippen molar-refractivity contribution >= 4 is 13.5 Å². The largest absolute Gasteiger partial charge is 0.493 e. The van der Waals surface area contributed by atoms with Gasteiger partial charge in [0.2, 0.25) is 0 Å². The van der Waals surface area contributed by atoms with Crippen LogP contribution in [0.3, 0.4) is 0 Å². The van der Waals surface area contributed by atoms with Gasteiger partial charge in [-0.3, -0.25) is 0 Å². The van der Waals surface area contributed by atoms with Crippen LogP contribution >= 0.6 is 13.5 Å². The highest BCUT2D eigenvalue weighted by Crippen LogP contribution is 2.40. The molecule has 0 aliphatic heterocycles. The minimum absolute atomic E-state index is 0. The minimum Gasteiger partial charge on any atom is -0.493 e. The topological polar surface area (TPSA) is 38.7 Å². The van der Waals surface area contributed by atoms with Crippen LogP contribution in [0.4, 0.5) is 0 Å². The molecule has 2 rings (SSSR count). The molecule has 0 heterocycles. The number of methoxy groups -OCH3 is 2. The van der Waals surface area contributed by atoms with Crippen molar-refractivity contribution in [2.75, 3.05) is 14.2 Å². The predicted molar refractivity (Wildman–Crippen MR) is 86.4 cm³/mol. The quantitative estimate of drug-likeness (QED) is 0.848. The Hall–Kier alpha value is -1.13. The Morgan fingerprint density at radius 1 is 1.35 bits per heavy atom. The van der Waals surface area contributed by atoms with E-state index in [1.807, 2.05) is 0 Å². The van der Waals surface area contributed by atoms with Gasteiger partial charge in [-0.2, -0.15) is 13.5 Å². The molecule has 0 fully saturated rings. The zero-order valence-electron chi connectivity index (χ0n) is 12.2. The molecule has 1 aromatic rings. The van der Waals surface area contributed by atoms with Gasteiger partial charge in [0.05, 0.1) is 20.3 Å². The van der Waals surface area contributed by atoms with E-state index in [-0.39, 0.29) is 13.5 Å². The first-order valence-electron chi connectivity index (χ1n) is 6.75. The molecule has 1 unspecified atom stereocenters. The molecular formula is C16H24O3S. The molecule has 0 saturated carbocycles. The Morgan fingerprint density at radius 2 is 2.00 bits per heavy atom. The Labute approximate surface area is 128 Å². The summed E-state index contributed by atoms with van der Waals surface area (Å²) in [4.78, 5) is 0. The van der Waals surface area contributed by atoms with E-state index in [4.69, 9.17) is 9.47 Å². The summed E-state index contributed by atoms with van der Waals surface area (Å²) in [7, 11) is 3.31. The first-order valence-corrected chi connectivity index (χ1v) is 6.75. The standard InChI is InChI=1S/C16H22O3.H2S/c1-4-13(17)8-11-6-5-7-12-9-15(18-2)16(19-3)10-14(11)12;/h4,9-11,13,17H,1,5-8H2,2-3H3;1H2/t11-,13?;/m0./s1. The van der Waals surface area contributed by atoms with Gasteiger partial charge in [-0.25, -0.2) is 0 Å². The van der Waals surface area contributed by atoms with Gasteiger partial charge in [0.15, 0.2) is 11.5 Å². The second kappa shape index (κ2) is 7.60. The van der Waals surface area contributed by atoms with Crippen molar-refractivity contribution in [1.29, 1.82) is 0 Å². The van der Waals surface area contributed by atoms with Gasteiger partial charge in [-0.05, 0) is 54.9 Å². The van der Waals surface area contributed by atoms with E-state index in [0.29, 0.717) is 5.92 Å². The normalized spacial score (nSPS) is 18.4. The van der Waals surface area contributed by atoms with Crippen molar-refractivity contribution < 1.29 is 14.6 Å². The number of aryl methyl sites for hydroxylation is 1. The van der Waals surface area contributed by atoms with Crippen molar-refractivity contribution in [2.24, 2.45) is 0 Å². The third kappa shape index (κ3) is 3.49. The molecule has 2 atom stereocenters. The molecule has 0 spiro atoms. The molecule has 1 aliphatic rings. The van der Waals surface area contributed by atoms with Crippen molar-refractivity contribution in [3.8, 4) is 11.5 Å². The average molecular weight is 296 g/mol. The van der Waals surface area contributed by atoms with E-state index in [1.54, 1.807) is 20.3 Å². The molecule has 20 heavy (non-hydrogen) atoms. The van der Waals surface area contributed by atoms with Gasteiger partial charge in [0.25, 0.3) is 0 Å². The lowest BCUT2D eigenvalue weighted by Crippen LogP contribution is -2.15. The smallest absolute Gasteiger partial charge is 0.161 e. The van der Waals surface area contributed by atoms with Crippen LogP contribution in [0.1, 0.15) is 36.3 Å². The zero-order valence-corrected chi connectivity index (χ0v) is 13.2. The molecule has 112 valence electrons. The number of hydrogen-bond acceptors (Lipinski definition) is 3. The number of hydrogen-bond donors (Lipinski definition) is 1. The highest BCUT2D eigenvalue weighted by atomic mass is 32.1. The molecule has 0 radical (unpaired) electrons. The lowest BCUT2D eigenvalue weighted by atomic mass is 9.79. The number of aliphatic hydroxyl groups is 1. The lowest BCUT2D eigenvalue weighted by molar-refractivity contribution is 0.198. The maximum Gasteiger partial charge on any atom is 0.161 e. The highest BCUT2D eigenvalue weighted by molar-refractivity contribution is 7.59. The van der Waals surface area contributed by atoms with E-state index in [9.17, 15) is 5.11 Å². The van der Waals surface area contributed by atoms with Crippen LogP contribution in [0.2, 0.25) is 0 Å². The first-order chi connectivity index (χ1) is 9.19. The van der Waals surface area contributed by atoms with E-state index in [1.165, 1.54) is 11.1 Å². The monoisotopic (exact) mass is 296 g/mol. The number of fused-ring (bicyclic) bond motifs is 1. The molecule has 3 nitrogen and oxygen atoms in total. The SMILES string of the molecule is C=CC(O)C[C@@H]1CCCc2cc(OC)c(OC)cc21.S. The van der Waals surface area contributed by atoms with Crippen molar-refractivity contribution in [3.63, 3.8) is 0 Å². The molecule has 1 aliphatic carbocycles. The fourth-order valence-corrected chi connectivity index (χ4v) is 2.86. The Kier molecular flexibility index (Phi) is 6.43. The Balaban J connectivity index is 0.00000200. The Bertz CT molecular complexity index is 459. The lowest BCUT2D eigenvalue weighted by Gasteiger charge is -2.27. The summed E-state index contributed by atoms with van der Waals surface area (Å²) in [5.74, 6) is 1.92. The molecule has 0 saturated heterocycles. The van der Waals surface area contributed by atoms with Crippen LogP contribution in [0.15, 0.2) is 24.8 Å². The van der Waals surface area contributed by atoms with Crippen LogP contribution in [0.25, 0.3) is 0 Å². The van der Waals surface area contributed by atoms with Gasteiger partial charge in [0.1, 0.15) is 0 Å². The summed E-state index contributed by atoms with van der Waals surface area (Å²) in [5.41, 5.74) is 2.59. The van der Waals surface area contributed by atoms with Crippen molar-refractivity contribution in [3.05, 3.63) is 35.9 Å². The maximum atomic E-state index is 9.79. The summed E-state index contributed by atoms with van der Waals surface area (Å²) >= 11 is 0. The summed E-state index contributed by atoms with van der Waals surface area (Å²) in [6.07, 6.45) is 5.21. The van der Waals surface area contributed by atoms with E-state index < -0.39 is 6.10 Å². The van der Waals surface area contributed by atoms with Crippen LogP contribution in [-0.4, -0.2) is 25.4 Å². The van der Waals surface area contributed by atoms with Gasteiger partial charge >= 0.3 is 0 Å². The molecule has 4 heteroatoms. The zero-order chi connectivity index (χ0) is 13.8. The van der Waals surface area contributed by atoms with Crippen LogP contribution in [0.5, 0.6) is 11.5 Å². The summed E-state index contributed by atoms with van der Waals surface area (Å²) < 4.78 is 10.7. The third-order valence-electron chi connectivity index (χ3n) is 3.88.